The van der Waals surface area contributed by atoms with Crippen molar-refractivity contribution in [3.05, 3.63) is 0 Å². The summed E-state index contributed by atoms with van der Waals surface area (Å²) >= 11 is 0. The number of nitrogens with two attached hydrogens (primary N) is 1. The molecule has 0 aliphatic carbocycles. The first kappa shape index (κ1) is 14.0. The van der Waals surface area contributed by atoms with Crippen molar-refractivity contribution >= 4 is 11.9 Å². The Balaban J connectivity index is 2.73. The number of piperidine rings is 1. The smallest absolute Gasteiger partial charge is 0.311 e. The molecule has 1 aliphatic heterocycles. The molecule has 0 spiro atoms. The van der Waals surface area contributed by atoms with E-state index in [0.717, 1.165) is 6.42 Å². The lowest BCUT2D eigenvalue weighted by molar-refractivity contribution is -0.154. The van der Waals surface area contributed by atoms with E-state index in [9.17, 15) is 14.7 Å². The standard InChI is InChI=1S/C12H22N2O3/c1-8(2)9(13)10(15)14-6-4-5-12(3,7-14)11(16)17/h8-9H,4-7,13H2,1-3H3,(H,16,17)/t9-,12?/m0/s1. The summed E-state index contributed by atoms with van der Waals surface area (Å²) < 4.78 is 0. The summed E-state index contributed by atoms with van der Waals surface area (Å²) in [6, 6.07) is -0.536. The Bertz CT molecular complexity index is 317. The molecule has 1 fully saturated rings. The van der Waals surface area contributed by atoms with Crippen LogP contribution in [-0.4, -0.2) is 41.0 Å². The number of hydrogen-bond donors (Lipinski definition) is 2. The van der Waals surface area contributed by atoms with Gasteiger partial charge in [0.1, 0.15) is 0 Å². The molecule has 1 saturated heterocycles. The third-order valence-electron chi connectivity index (χ3n) is 3.53. The zero-order valence-electron chi connectivity index (χ0n) is 10.8. The molecule has 1 amide bonds. The molecule has 0 bridgehead atoms. The molecule has 0 saturated carbocycles. The van der Waals surface area contributed by atoms with E-state index in [1.807, 2.05) is 13.8 Å². The van der Waals surface area contributed by atoms with Crippen molar-refractivity contribution in [2.75, 3.05) is 13.1 Å². The predicted octanol–water partition coefficient (Wildman–Crippen LogP) is 0.683. The van der Waals surface area contributed by atoms with Crippen LogP contribution in [0.15, 0.2) is 0 Å². The van der Waals surface area contributed by atoms with Crippen LogP contribution in [0.25, 0.3) is 0 Å². The van der Waals surface area contributed by atoms with E-state index in [1.165, 1.54) is 0 Å². The van der Waals surface area contributed by atoms with Gasteiger partial charge in [-0.2, -0.15) is 0 Å². The van der Waals surface area contributed by atoms with Crippen LogP contribution in [-0.2, 0) is 9.59 Å². The summed E-state index contributed by atoms with van der Waals surface area (Å²) in [6.45, 7) is 6.35. The van der Waals surface area contributed by atoms with Gasteiger partial charge in [-0.3, -0.25) is 9.59 Å². The van der Waals surface area contributed by atoms with Gasteiger partial charge in [0.15, 0.2) is 0 Å². The molecule has 0 aromatic carbocycles. The fraction of sp³-hybridized carbons (Fsp3) is 0.833. The molecule has 3 N–H and O–H groups in total. The Labute approximate surface area is 102 Å². The van der Waals surface area contributed by atoms with Gasteiger partial charge in [-0.15, -0.1) is 0 Å². The molecule has 0 aromatic heterocycles. The van der Waals surface area contributed by atoms with Crippen LogP contribution in [0.2, 0.25) is 0 Å². The second kappa shape index (κ2) is 5.04. The van der Waals surface area contributed by atoms with Gasteiger partial charge >= 0.3 is 5.97 Å². The highest BCUT2D eigenvalue weighted by molar-refractivity contribution is 5.83. The van der Waals surface area contributed by atoms with E-state index < -0.39 is 17.4 Å². The Morgan fingerprint density at radius 3 is 2.47 bits per heavy atom. The van der Waals surface area contributed by atoms with Gasteiger partial charge in [0.25, 0.3) is 0 Å². The van der Waals surface area contributed by atoms with Crippen LogP contribution in [0, 0.1) is 11.3 Å². The number of carboxylic acid groups (broad SMARTS) is 1. The number of amides is 1. The number of hydrogen-bond acceptors (Lipinski definition) is 3. The first-order valence-electron chi connectivity index (χ1n) is 6.06. The van der Waals surface area contributed by atoms with Gasteiger partial charge in [0, 0.05) is 13.1 Å². The van der Waals surface area contributed by atoms with Crippen molar-refractivity contribution in [1.82, 2.24) is 4.90 Å². The third-order valence-corrected chi connectivity index (χ3v) is 3.53. The van der Waals surface area contributed by atoms with Gasteiger partial charge in [-0.05, 0) is 25.7 Å². The summed E-state index contributed by atoms with van der Waals surface area (Å²) in [7, 11) is 0. The molecule has 17 heavy (non-hydrogen) atoms. The van der Waals surface area contributed by atoms with Crippen molar-refractivity contribution in [3.8, 4) is 0 Å². The van der Waals surface area contributed by atoms with E-state index in [4.69, 9.17) is 5.73 Å². The fourth-order valence-corrected chi connectivity index (χ4v) is 2.10. The molecule has 1 unspecified atom stereocenters. The Hall–Kier alpha value is -1.10. The normalized spacial score (nSPS) is 27.0. The van der Waals surface area contributed by atoms with Crippen molar-refractivity contribution in [2.45, 2.75) is 39.7 Å². The van der Waals surface area contributed by atoms with Crippen LogP contribution in [0.3, 0.4) is 0 Å². The summed E-state index contributed by atoms with van der Waals surface area (Å²) in [5.74, 6) is -0.902. The maximum Gasteiger partial charge on any atom is 0.311 e. The minimum Gasteiger partial charge on any atom is -0.481 e. The number of carbonyl (C=O) groups is 2. The lowest BCUT2D eigenvalue weighted by atomic mass is 9.81. The molecule has 1 aliphatic rings. The van der Waals surface area contributed by atoms with E-state index in [0.29, 0.717) is 13.0 Å². The second-order valence-electron chi connectivity index (χ2n) is 5.50. The maximum absolute atomic E-state index is 12.1. The Morgan fingerprint density at radius 2 is 2.00 bits per heavy atom. The van der Waals surface area contributed by atoms with Gasteiger partial charge in [-0.1, -0.05) is 13.8 Å². The molecule has 2 atom stereocenters. The molecule has 0 radical (unpaired) electrons. The molecular formula is C12H22N2O3. The molecule has 5 heteroatoms. The molecule has 0 aromatic rings. The highest BCUT2D eigenvalue weighted by atomic mass is 16.4. The summed E-state index contributed by atoms with van der Waals surface area (Å²) in [5.41, 5.74) is 4.99. The minimum atomic E-state index is -0.840. The zero-order chi connectivity index (χ0) is 13.2. The number of likely N-dealkylation sites (tertiary alicyclic amines) is 1. The lowest BCUT2D eigenvalue weighted by Gasteiger charge is -2.39. The van der Waals surface area contributed by atoms with Crippen LogP contribution >= 0.6 is 0 Å². The van der Waals surface area contributed by atoms with Crippen molar-refractivity contribution in [2.24, 2.45) is 17.1 Å². The second-order valence-corrected chi connectivity index (χ2v) is 5.50. The summed E-state index contributed by atoms with van der Waals surface area (Å²) in [4.78, 5) is 24.8. The quantitative estimate of drug-likeness (QED) is 0.762. The van der Waals surface area contributed by atoms with Gasteiger partial charge in [0.05, 0.1) is 11.5 Å². The van der Waals surface area contributed by atoms with Crippen LogP contribution < -0.4 is 5.73 Å². The van der Waals surface area contributed by atoms with E-state index in [-0.39, 0.29) is 18.4 Å². The molecular weight excluding hydrogens is 220 g/mol. The number of carboxylic acids is 1. The minimum absolute atomic E-state index is 0.0699. The predicted molar refractivity (Wildman–Crippen MR) is 64.4 cm³/mol. The molecule has 98 valence electrons. The largest absolute Gasteiger partial charge is 0.481 e. The molecule has 1 heterocycles. The van der Waals surface area contributed by atoms with Crippen molar-refractivity contribution in [1.29, 1.82) is 0 Å². The number of carbonyl (C=O) groups excluding carboxylic acids is 1. The molecule has 1 rings (SSSR count). The van der Waals surface area contributed by atoms with Crippen LogP contribution in [0.1, 0.15) is 33.6 Å². The first-order chi connectivity index (χ1) is 7.78. The Morgan fingerprint density at radius 1 is 1.41 bits per heavy atom. The summed E-state index contributed by atoms with van der Waals surface area (Å²) in [5, 5.41) is 9.18. The van der Waals surface area contributed by atoms with E-state index in [2.05, 4.69) is 0 Å². The average Bonchev–Trinajstić information content (AvgIpc) is 2.26. The molecule has 5 nitrogen and oxygen atoms in total. The van der Waals surface area contributed by atoms with Gasteiger partial charge in [-0.25, -0.2) is 0 Å². The van der Waals surface area contributed by atoms with Crippen molar-refractivity contribution < 1.29 is 14.7 Å². The topological polar surface area (TPSA) is 83.6 Å². The number of nitrogens with zero attached hydrogens (tertiary/aromatic N) is 1. The van der Waals surface area contributed by atoms with E-state index in [1.54, 1.807) is 11.8 Å². The average molecular weight is 242 g/mol. The van der Waals surface area contributed by atoms with Gasteiger partial charge in [0.2, 0.25) is 5.91 Å². The Kier molecular flexibility index (Phi) is 4.14. The van der Waals surface area contributed by atoms with Gasteiger partial charge < -0.3 is 15.7 Å². The number of aliphatic carboxylic acids is 1. The third kappa shape index (κ3) is 2.97. The highest BCUT2D eigenvalue weighted by Crippen LogP contribution is 2.30. The van der Waals surface area contributed by atoms with Crippen molar-refractivity contribution in [3.63, 3.8) is 0 Å². The lowest BCUT2D eigenvalue weighted by Crippen LogP contribution is -2.54. The fourth-order valence-electron chi connectivity index (χ4n) is 2.10. The first-order valence-corrected chi connectivity index (χ1v) is 6.06. The SMILES string of the molecule is CC(C)[C@H](N)C(=O)N1CCCC(C)(C(=O)O)C1. The highest BCUT2D eigenvalue weighted by Gasteiger charge is 2.40. The summed E-state index contributed by atoms with van der Waals surface area (Å²) in [6.07, 6.45) is 1.34. The number of rotatable bonds is 3. The van der Waals surface area contributed by atoms with Crippen LogP contribution in [0.4, 0.5) is 0 Å². The zero-order valence-corrected chi connectivity index (χ0v) is 10.8. The maximum atomic E-state index is 12.1. The monoisotopic (exact) mass is 242 g/mol. The van der Waals surface area contributed by atoms with E-state index >= 15 is 0 Å². The van der Waals surface area contributed by atoms with Crippen LogP contribution in [0.5, 0.6) is 0 Å².